The summed E-state index contributed by atoms with van der Waals surface area (Å²) in [4.78, 5) is 28.4. The first-order valence-electron chi connectivity index (χ1n) is 9.10. The molecule has 0 N–H and O–H groups in total. The van der Waals surface area contributed by atoms with Crippen LogP contribution in [-0.4, -0.2) is 69.5 Å². The van der Waals surface area contributed by atoms with Crippen molar-refractivity contribution >= 4 is 27.4 Å². The Morgan fingerprint density at radius 1 is 1.30 bits per heavy atom. The fourth-order valence-corrected chi connectivity index (χ4v) is 4.91. The van der Waals surface area contributed by atoms with Gasteiger partial charge in [-0.1, -0.05) is 13.0 Å². The number of benzene rings is 1. The first-order valence-corrected chi connectivity index (χ1v) is 10.9. The summed E-state index contributed by atoms with van der Waals surface area (Å²) in [5.74, 6) is -0.865. The number of sulfone groups is 1. The zero-order chi connectivity index (χ0) is 20.2. The highest BCUT2D eigenvalue weighted by atomic mass is 32.2. The van der Waals surface area contributed by atoms with E-state index >= 15 is 0 Å². The van der Waals surface area contributed by atoms with Gasteiger partial charge in [-0.3, -0.25) is 4.79 Å². The summed E-state index contributed by atoms with van der Waals surface area (Å²) in [6, 6.07) is 6.48. The van der Waals surface area contributed by atoms with Crippen LogP contribution in [0.3, 0.4) is 0 Å². The molecule has 0 aromatic heterocycles. The molecule has 1 aliphatic rings. The summed E-state index contributed by atoms with van der Waals surface area (Å²) in [7, 11) is 0.628. The predicted octanol–water partition coefficient (Wildman–Crippen LogP) is 1.72. The predicted molar refractivity (Wildman–Crippen MR) is 105 cm³/mol. The van der Waals surface area contributed by atoms with Crippen LogP contribution in [0.15, 0.2) is 24.3 Å². The standard InChI is InChI=1S/C19H28N2O5S/c1-5-14(2)21(17-9-10-27(24,25)13-17)18(22)12-26-19(23)15-7-6-8-16(11-15)20(3)4/h6-8,11,14,17H,5,9-10,12-13H2,1-4H3/t14-,17+/m1/s1. The van der Waals surface area contributed by atoms with Gasteiger partial charge in [0.1, 0.15) is 0 Å². The minimum absolute atomic E-state index is 0.0259. The molecule has 0 spiro atoms. The van der Waals surface area contributed by atoms with Crippen LogP contribution >= 0.6 is 0 Å². The number of hydrogen-bond acceptors (Lipinski definition) is 6. The Kier molecular flexibility index (Phi) is 6.86. The fraction of sp³-hybridized carbons (Fsp3) is 0.579. The van der Waals surface area contributed by atoms with Gasteiger partial charge in [0.15, 0.2) is 16.4 Å². The molecular formula is C19H28N2O5S. The van der Waals surface area contributed by atoms with E-state index in [9.17, 15) is 18.0 Å². The Bertz CT molecular complexity index is 791. The van der Waals surface area contributed by atoms with Crippen molar-refractivity contribution in [2.75, 3.05) is 37.1 Å². The zero-order valence-corrected chi connectivity index (χ0v) is 17.2. The van der Waals surface area contributed by atoms with Crippen molar-refractivity contribution in [1.29, 1.82) is 0 Å². The van der Waals surface area contributed by atoms with Gasteiger partial charge in [-0.2, -0.15) is 0 Å². The average molecular weight is 397 g/mol. The van der Waals surface area contributed by atoms with Crippen LogP contribution in [0.1, 0.15) is 37.0 Å². The quantitative estimate of drug-likeness (QED) is 0.653. The lowest BCUT2D eigenvalue weighted by atomic mass is 10.1. The Balaban J connectivity index is 2.05. The van der Waals surface area contributed by atoms with Gasteiger partial charge in [0.2, 0.25) is 0 Å². The van der Waals surface area contributed by atoms with Crippen molar-refractivity contribution in [3.05, 3.63) is 29.8 Å². The van der Waals surface area contributed by atoms with E-state index in [2.05, 4.69) is 0 Å². The molecule has 1 fully saturated rings. The van der Waals surface area contributed by atoms with E-state index in [0.717, 1.165) is 5.69 Å². The summed E-state index contributed by atoms with van der Waals surface area (Å²) < 4.78 is 28.8. The third kappa shape index (κ3) is 5.45. The van der Waals surface area contributed by atoms with Gasteiger partial charge in [0.25, 0.3) is 5.91 Å². The molecule has 0 radical (unpaired) electrons. The van der Waals surface area contributed by atoms with Gasteiger partial charge in [0, 0.05) is 31.9 Å². The van der Waals surface area contributed by atoms with E-state index in [1.54, 1.807) is 23.1 Å². The van der Waals surface area contributed by atoms with Gasteiger partial charge in [-0.25, -0.2) is 13.2 Å². The van der Waals surface area contributed by atoms with Gasteiger partial charge in [-0.15, -0.1) is 0 Å². The lowest BCUT2D eigenvalue weighted by Crippen LogP contribution is -2.48. The highest BCUT2D eigenvalue weighted by molar-refractivity contribution is 7.91. The Morgan fingerprint density at radius 3 is 2.56 bits per heavy atom. The minimum Gasteiger partial charge on any atom is -0.452 e. The van der Waals surface area contributed by atoms with Crippen molar-refractivity contribution in [1.82, 2.24) is 4.90 Å². The van der Waals surface area contributed by atoms with Crippen LogP contribution in [-0.2, 0) is 19.4 Å². The molecule has 8 heteroatoms. The number of anilines is 1. The molecule has 2 rings (SSSR count). The van der Waals surface area contributed by atoms with Crippen molar-refractivity contribution in [2.24, 2.45) is 0 Å². The molecule has 1 amide bonds. The van der Waals surface area contributed by atoms with Crippen molar-refractivity contribution in [2.45, 2.75) is 38.8 Å². The molecule has 1 heterocycles. The van der Waals surface area contributed by atoms with Crippen molar-refractivity contribution < 1.29 is 22.7 Å². The van der Waals surface area contributed by atoms with Crippen LogP contribution < -0.4 is 4.90 Å². The average Bonchev–Trinajstić information content (AvgIpc) is 2.98. The Hall–Kier alpha value is -2.09. The van der Waals surface area contributed by atoms with Gasteiger partial charge >= 0.3 is 5.97 Å². The van der Waals surface area contributed by atoms with Crippen LogP contribution in [0.4, 0.5) is 5.69 Å². The fourth-order valence-electron chi connectivity index (χ4n) is 3.20. The summed E-state index contributed by atoms with van der Waals surface area (Å²) in [6.07, 6.45) is 1.12. The van der Waals surface area contributed by atoms with Crippen LogP contribution in [0.2, 0.25) is 0 Å². The number of rotatable bonds is 7. The van der Waals surface area contributed by atoms with Crippen molar-refractivity contribution in [3.8, 4) is 0 Å². The molecule has 0 bridgehead atoms. The number of hydrogen-bond donors (Lipinski definition) is 0. The van der Waals surface area contributed by atoms with Gasteiger partial charge in [0.05, 0.1) is 17.1 Å². The monoisotopic (exact) mass is 396 g/mol. The Labute approximate surface area is 161 Å². The van der Waals surface area contributed by atoms with Crippen molar-refractivity contribution in [3.63, 3.8) is 0 Å². The molecule has 1 aromatic carbocycles. The number of nitrogens with zero attached hydrogens (tertiary/aromatic N) is 2. The third-order valence-corrected chi connectivity index (χ3v) is 6.63. The lowest BCUT2D eigenvalue weighted by Gasteiger charge is -2.33. The molecule has 0 aliphatic carbocycles. The van der Waals surface area contributed by atoms with Crippen LogP contribution in [0, 0.1) is 0 Å². The lowest BCUT2D eigenvalue weighted by molar-refractivity contribution is -0.138. The van der Waals surface area contributed by atoms with E-state index < -0.39 is 22.4 Å². The highest BCUT2D eigenvalue weighted by Gasteiger charge is 2.36. The zero-order valence-electron chi connectivity index (χ0n) is 16.3. The van der Waals surface area contributed by atoms with Crippen LogP contribution in [0.25, 0.3) is 0 Å². The first kappa shape index (κ1) is 21.2. The molecule has 7 nitrogen and oxygen atoms in total. The maximum atomic E-state index is 12.7. The molecule has 2 atom stereocenters. The van der Waals surface area contributed by atoms with E-state index in [-0.39, 0.29) is 29.5 Å². The maximum Gasteiger partial charge on any atom is 0.338 e. The molecule has 1 saturated heterocycles. The number of carbonyl (C=O) groups excluding carboxylic acids is 2. The highest BCUT2D eigenvalue weighted by Crippen LogP contribution is 2.22. The molecule has 1 aromatic rings. The molecule has 0 unspecified atom stereocenters. The molecule has 150 valence electrons. The van der Waals surface area contributed by atoms with Crippen LogP contribution in [0.5, 0.6) is 0 Å². The second-order valence-electron chi connectivity index (χ2n) is 7.14. The minimum atomic E-state index is -3.11. The number of ether oxygens (including phenoxy) is 1. The molecule has 1 aliphatic heterocycles. The summed E-state index contributed by atoms with van der Waals surface area (Å²) in [5, 5.41) is 0. The molecule has 0 saturated carbocycles. The largest absolute Gasteiger partial charge is 0.452 e. The topological polar surface area (TPSA) is 84.0 Å². The number of carbonyl (C=O) groups is 2. The number of amides is 1. The van der Waals surface area contributed by atoms with E-state index in [1.807, 2.05) is 38.9 Å². The SMILES string of the molecule is CC[C@@H](C)N(C(=O)COC(=O)c1cccc(N(C)C)c1)[C@H]1CCS(=O)(=O)C1. The second-order valence-corrected chi connectivity index (χ2v) is 9.36. The van der Waals surface area contributed by atoms with Gasteiger partial charge in [-0.05, 0) is 38.0 Å². The van der Waals surface area contributed by atoms with E-state index in [0.29, 0.717) is 18.4 Å². The van der Waals surface area contributed by atoms with E-state index in [1.165, 1.54) is 0 Å². The first-order chi connectivity index (χ1) is 12.6. The summed E-state index contributed by atoms with van der Waals surface area (Å²) in [5.41, 5.74) is 1.22. The second kappa shape index (κ2) is 8.73. The summed E-state index contributed by atoms with van der Waals surface area (Å²) in [6.45, 7) is 3.42. The van der Waals surface area contributed by atoms with Gasteiger partial charge < -0.3 is 14.5 Å². The van der Waals surface area contributed by atoms with E-state index in [4.69, 9.17) is 4.74 Å². The normalized spacial score (nSPS) is 19.3. The molecule has 27 heavy (non-hydrogen) atoms. The summed E-state index contributed by atoms with van der Waals surface area (Å²) >= 11 is 0. The third-order valence-electron chi connectivity index (χ3n) is 4.88. The smallest absolute Gasteiger partial charge is 0.338 e. The Morgan fingerprint density at radius 2 is 2.00 bits per heavy atom. The maximum absolute atomic E-state index is 12.7. The molecular weight excluding hydrogens is 368 g/mol. The number of esters is 1.